The third kappa shape index (κ3) is 59.7. The van der Waals surface area contributed by atoms with E-state index >= 15 is 0 Å². The van der Waals surface area contributed by atoms with E-state index < -0.39 is 12.1 Å². The van der Waals surface area contributed by atoms with E-state index in [9.17, 15) is 19.8 Å². The molecule has 73 heavy (non-hydrogen) atoms. The molecule has 0 aromatic heterocycles. The molecule has 0 rings (SSSR count). The van der Waals surface area contributed by atoms with Gasteiger partial charge in [0.05, 0.1) is 25.4 Å². The number of hydrogen-bond donors (Lipinski definition) is 3. The summed E-state index contributed by atoms with van der Waals surface area (Å²) in [7, 11) is 0. The number of allylic oxidation sites excluding steroid dienone is 1. The minimum absolute atomic E-state index is 0.0198. The summed E-state index contributed by atoms with van der Waals surface area (Å²) >= 11 is 0. The van der Waals surface area contributed by atoms with Gasteiger partial charge in [-0.3, -0.25) is 9.59 Å². The number of ether oxygens (including phenoxy) is 1. The van der Waals surface area contributed by atoms with E-state index in [1.165, 1.54) is 315 Å². The molecule has 6 nitrogen and oxygen atoms in total. The van der Waals surface area contributed by atoms with Crippen LogP contribution < -0.4 is 5.32 Å². The van der Waals surface area contributed by atoms with Crippen molar-refractivity contribution in [1.29, 1.82) is 0 Å². The lowest BCUT2D eigenvalue weighted by Gasteiger charge is -2.20. The van der Waals surface area contributed by atoms with Gasteiger partial charge >= 0.3 is 5.97 Å². The Balaban J connectivity index is 3.35. The van der Waals surface area contributed by atoms with Crippen LogP contribution in [0.1, 0.15) is 380 Å². The van der Waals surface area contributed by atoms with Gasteiger partial charge in [-0.05, 0) is 32.1 Å². The van der Waals surface area contributed by atoms with Gasteiger partial charge in [-0.25, -0.2) is 0 Å². The van der Waals surface area contributed by atoms with Crippen LogP contribution in [0, 0.1) is 0 Å². The summed E-state index contributed by atoms with van der Waals surface area (Å²) < 4.78 is 5.48. The second kappa shape index (κ2) is 63.1. The van der Waals surface area contributed by atoms with Gasteiger partial charge in [-0.2, -0.15) is 0 Å². The molecule has 0 spiro atoms. The Morgan fingerprint density at radius 1 is 0.370 bits per heavy atom. The first-order valence-corrected chi connectivity index (χ1v) is 33.5. The van der Waals surface area contributed by atoms with Gasteiger partial charge < -0.3 is 20.3 Å². The number of rotatable bonds is 63. The number of hydrogen-bond acceptors (Lipinski definition) is 5. The number of carbonyl (C=O) groups excluding carboxylic acids is 2. The molecule has 1 amide bonds. The molecule has 0 aliphatic heterocycles. The van der Waals surface area contributed by atoms with Crippen LogP contribution in [0.2, 0.25) is 0 Å². The monoisotopic (exact) mass is 1030 g/mol. The Morgan fingerprint density at radius 3 is 0.932 bits per heavy atom. The van der Waals surface area contributed by atoms with E-state index in [-0.39, 0.29) is 18.5 Å². The van der Waals surface area contributed by atoms with Crippen LogP contribution in [0.4, 0.5) is 0 Å². The lowest BCUT2D eigenvalue weighted by atomic mass is 10.0. The molecular weight excluding hydrogens is 899 g/mol. The summed E-state index contributed by atoms with van der Waals surface area (Å²) in [5.74, 6) is -0.0420. The van der Waals surface area contributed by atoms with E-state index in [1.54, 1.807) is 6.08 Å². The number of aliphatic hydroxyl groups is 2. The Bertz CT molecular complexity index is 1100. The Labute approximate surface area is 457 Å². The first-order valence-electron chi connectivity index (χ1n) is 33.5. The molecule has 0 aliphatic rings. The van der Waals surface area contributed by atoms with E-state index in [1.807, 2.05) is 6.08 Å². The largest absolute Gasteiger partial charge is 0.466 e. The molecule has 2 atom stereocenters. The predicted molar refractivity (Wildman–Crippen MR) is 320 cm³/mol. The van der Waals surface area contributed by atoms with E-state index in [4.69, 9.17) is 4.74 Å². The van der Waals surface area contributed by atoms with Gasteiger partial charge in [0, 0.05) is 12.8 Å². The van der Waals surface area contributed by atoms with Crippen LogP contribution in [0.25, 0.3) is 0 Å². The summed E-state index contributed by atoms with van der Waals surface area (Å²) in [5, 5.41) is 23.2. The maximum Gasteiger partial charge on any atom is 0.305 e. The zero-order valence-corrected chi connectivity index (χ0v) is 49.6. The van der Waals surface area contributed by atoms with Crippen molar-refractivity contribution in [3.63, 3.8) is 0 Å². The Morgan fingerprint density at radius 2 is 0.630 bits per heavy atom. The number of esters is 1. The van der Waals surface area contributed by atoms with Crippen molar-refractivity contribution >= 4 is 11.9 Å². The normalized spacial score (nSPS) is 12.5. The lowest BCUT2D eigenvalue weighted by Crippen LogP contribution is -2.45. The maximum atomic E-state index is 12.5. The van der Waals surface area contributed by atoms with Crippen molar-refractivity contribution in [2.75, 3.05) is 13.2 Å². The second-order valence-electron chi connectivity index (χ2n) is 23.2. The highest BCUT2D eigenvalue weighted by Gasteiger charge is 2.18. The highest BCUT2D eigenvalue weighted by atomic mass is 16.5. The SMILES string of the molecule is CCCCCCCCCCCCCCCC/C=C/C(O)C(CO)NC(=O)CCCCCCCCCCCCCCCCCCCCCCCCCCCCCCOC(=O)CCCCCCCCCCCCCC. The van der Waals surface area contributed by atoms with Crippen LogP contribution in [-0.2, 0) is 14.3 Å². The van der Waals surface area contributed by atoms with Gasteiger partial charge in [0.1, 0.15) is 0 Å². The molecule has 6 heteroatoms. The predicted octanol–water partition coefficient (Wildman–Crippen LogP) is 21.2. The molecule has 0 aromatic carbocycles. The summed E-state index contributed by atoms with van der Waals surface area (Å²) in [5.41, 5.74) is 0. The quantitative estimate of drug-likeness (QED) is 0.0320. The van der Waals surface area contributed by atoms with Crippen LogP contribution >= 0.6 is 0 Å². The molecule has 0 heterocycles. The fourth-order valence-electron chi connectivity index (χ4n) is 10.7. The van der Waals surface area contributed by atoms with Crippen LogP contribution in [0.15, 0.2) is 12.2 Å². The highest BCUT2D eigenvalue weighted by molar-refractivity contribution is 5.76. The summed E-state index contributed by atoms with van der Waals surface area (Å²) in [4.78, 5) is 24.5. The van der Waals surface area contributed by atoms with E-state index in [2.05, 4.69) is 19.2 Å². The fraction of sp³-hybridized carbons (Fsp3) is 0.940. The average molecular weight is 1030 g/mol. The summed E-state index contributed by atoms with van der Waals surface area (Å²) in [6.45, 7) is 4.94. The zero-order chi connectivity index (χ0) is 52.9. The third-order valence-electron chi connectivity index (χ3n) is 15.8. The van der Waals surface area contributed by atoms with Gasteiger partial charge in [0.15, 0.2) is 0 Å². The molecule has 434 valence electrons. The minimum atomic E-state index is -0.841. The topological polar surface area (TPSA) is 95.9 Å². The fourth-order valence-corrected chi connectivity index (χ4v) is 10.7. The van der Waals surface area contributed by atoms with Crippen molar-refractivity contribution < 1.29 is 24.5 Å². The van der Waals surface area contributed by atoms with E-state index in [0.29, 0.717) is 19.4 Å². The first kappa shape index (κ1) is 71.6. The number of amides is 1. The third-order valence-corrected chi connectivity index (χ3v) is 15.8. The molecule has 0 aromatic rings. The van der Waals surface area contributed by atoms with Crippen LogP contribution in [0.3, 0.4) is 0 Å². The lowest BCUT2D eigenvalue weighted by molar-refractivity contribution is -0.143. The summed E-state index contributed by atoms with van der Waals surface area (Å²) in [6.07, 6.45) is 77.1. The molecule has 0 fully saturated rings. The Hall–Kier alpha value is -1.40. The van der Waals surface area contributed by atoms with Gasteiger partial charge in [-0.15, -0.1) is 0 Å². The standard InChI is InChI=1S/C67H131NO5/c1-3-5-7-9-11-13-15-17-18-33-36-39-43-47-51-55-59-65(70)64(63-69)68-66(71)60-56-52-48-44-40-37-34-31-29-27-25-23-21-19-20-22-24-26-28-30-32-35-38-42-46-50-54-58-62-73-67(72)61-57-53-49-45-41-16-14-12-10-8-6-4-2/h55,59,64-65,69-70H,3-54,56-58,60-63H2,1-2H3,(H,68,71)/b59-55+. The number of aliphatic hydroxyl groups excluding tert-OH is 2. The van der Waals surface area contributed by atoms with Crippen molar-refractivity contribution in [1.82, 2.24) is 5.32 Å². The van der Waals surface area contributed by atoms with E-state index in [0.717, 1.165) is 38.5 Å². The minimum Gasteiger partial charge on any atom is -0.466 e. The van der Waals surface area contributed by atoms with Gasteiger partial charge in [0.2, 0.25) is 5.91 Å². The van der Waals surface area contributed by atoms with Crippen molar-refractivity contribution in [2.24, 2.45) is 0 Å². The van der Waals surface area contributed by atoms with Gasteiger partial charge in [-0.1, -0.05) is 347 Å². The number of unbranched alkanes of at least 4 members (excludes halogenated alkanes) is 52. The molecular formula is C67H131NO5. The molecule has 0 aliphatic carbocycles. The number of carbonyl (C=O) groups is 2. The van der Waals surface area contributed by atoms with Crippen molar-refractivity contribution in [3.8, 4) is 0 Å². The molecule has 2 unspecified atom stereocenters. The van der Waals surface area contributed by atoms with Crippen molar-refractivity contribution in [2.45, 2.75) is 392 Å². The molecule has 0 saturated carbocycles. The van der Waals surface area contributed by atoms with Crippen LogP contribution in [0.5, 0.6) is 0 Å². The second-order valence-corrected chi connectivity index (χ2v) is 23.2. The Kier molecular flexibility index (Phi) is 61.9. The van der Waals surface area contributed by atoms with Crippen LogP contribution in [-0.4, -0.2) is 47.4 Å². The summed E-state index contributed by atoms with van der Waals surface area (Å²) in [6, 6.07) is -0.624. The smallest absolute Gasteiger partial charge is 0.305 e. The zero-order valence-electron chi connectivity index (χ0n) is 49.6. The molecule has 0 radical (unpaired) electrons. The molecule has 3 N–H and O–H groups in total. The molecule has 0 saturated heterocycles. The first-order chi connectivity index (χ1) is 36.0. The van der Waals surface area contributed by atoms with Crippen molar-refractivity contribution in [3.05, 3.63) is 12.2 Å². The average Bonchev–Trinajstić information content (AvgIpc) is 3.39. The molecule has 0 bridgehead atoms. The highest BCUT2D eigenvalue weighted by Crippen LogP contribution is 2.19. The number of nitrogens with one attached hydrogen (secondary N) is 1. The maximum absolute atomic E-state index is 12.5. The van der Waals surface area contributed by atoms with Gasteiger partial charge in [0.25, 0.3) is 0 Å².